The third kappa shape index (κ3) is 4.39. The van der Waals surface area contributed by atoms with Crippen molar-refractivity contribution in [2.75, 3.05) is 18.4 Å². The summed E-state index contributed by atoms with van der Waals surface area (Å²) in [6.07, 6.45) is 7.46. The number of carbonyl (C=O) groups is 1. The molecule has 1 aromatic carbocycles. The fourth-order valence-electron chi connectivity index (χ4n) is 3.45. The average Bonchev–Trinajstić information content (AvgIpc) is 3.19. The number of rotatable bonds is 3. The van der Waals surface area contributed by atoms with Crippen LogP contribution in [0, 0.1) is 17.1 Å². The standard InChI is InChI=1S/C23H23FN6O2/c1-23(2,3)32-22(31)29-9-6-16(7-10-29)19-14-27-21-20(26-8-11-30(19)21)28-18-5-4-15(13-25)12-17(18)24/h4-6,8,11-12,14H,7,9-10H2,1-3H3,(H,26,28). The van der Waals surface area contributed by atoms with Crippen LogP contribution in [0.25, 0.3) is 11.2 Å². The number of anilines is 2. The van der Waals surface area contributed by atoms with Crippen LogP contribution in [0.4, 0.5) is 20.7 Å². The van der Waals surface area contributed by atoms with Gasteiger partial charge in [0.05, 0.1) is 29.2 Å². The number of nitrogens with zero attached hydrogens (tertiary/aromatic N) is 5. The van der Waals surface area contributed by atoms with Crippen LogP contribution in [0.5, 0.6) is 0 Å². The minimum Gasteiger partial charge on any atom is -0.444 e. The number of imidazole rings is 1. The van der Waals surface area contributed by atoms with Crippen LogP contribution in [0.2, 0.25) is 0 Å². The fourth-order valence-corrected chi connectivity index (χ4v) is 3.45. The van der Waals surface area contributed by atoms with E-state index in [9.17, 15) is 9.18 Å². The van der Waals surface area contributed by atoms with Crippen LogP contribution in [0.15, 0.2) is 42.9 Å². The zero-order valence-corrected chi connectivity index (χ0v) is 18.1. The van der Waals surface area contributed by atoms with E-state index in [-0.39, 0.29) is 17.3 Å². The minimum absolute atomic E-state index is 0.207. The number of aromatic nitrogens is 3. The number of amides is 1. The molecule has 0 saturated carbocycles. The summed E-state index contributed by atoms with van der Waals surface area (Å²) in [5, 5.41) is 11.9. The van der Waals surface area contributed by atoms with Gasteiger partial charge in [0.2, 0.25) is 0 Å². The molecule has 1 N–H and O–H groups in total. The van der Waals surface area contributed by atoms with Crippen molar-refractivity contribution < 1.29 is 13.9 Å². The molecule has 4 rings (SSSR count). The Bertz CT molecular complexity index is 1250. The van der Waals surface area contributed by atoms with Gasteiger partial charge in [0.25, 0.3) is 0 Å². The molecule has 0 fully saturated rings. The van der Waals surface area contributed by atoms with Gasteiger partial charge in [-0.2, -0.15) is 5.26 Å². The highest BCUT2D eigenvalue weighted by Crippen LogP contribution is 2.27. The average molecular weight is 434 g/mol. The van der Waals surface area contributed by atoms with Crippen molar-refractivity contribution >= 4 is 28.8 Å². The Morgan fingerprint density at radius 1 is 1.31 bits per heavy atom. The van der Waals surface area contributed by atoms with Crippen LogP contribution in [-0.4, -0.2) is 44.1 Å². The van der Waals surface area contributed by atoms with Crippen LogP contribution < -0.4 is 5.32 Å². The Labute approximate surface area is 185 Å². The van der Waals surface area contributed by atoms with Crippen LogP contribution in [-0.2, 0) is 4.74 Å². The van der Waals surface area contributed by atoms with Crippen molar-refractivity contribution in [2.24, 2.45) is 0 Å². The highest BCUT2D eigenvalue weighted by molar-refractivity contribution is 5.76. The van der Waals surface area contributed by atoms with E-state index in [1.807, 2.05) is 37.3 Å². The van der Waals surface area contributed by atoms with Crippen molar-refractivity contribution in [2.45, 2.75) is 32.8 Å². The van der Waals surface area contributed by atoms with Crippen molar-refractivity contribution in [1.29, 1.82) is 5.26 Å². The molecule has 9 heteroatoms. The lowest BCUT2D eigenvalue weighted by atomic mass is 10.1. The summed E-state index contributed by atoms with van der Waals surface area (Å²) in [6, 6.07) is 6.11. The Hall–Kier alpha value is -3.93. The Kier molecular flexibility index (Phi) is 5.53. The second-order valence-corrected chi connectivity index (χ2v) is 8.45. The summed E-state index contributed by atoms with van der Waals surface area (Å²) in [6.45, 7) is 6.53. The third-order valence-electron chi connectivity index (χ3n) is 4.97. The summed E-state index contributed by atoms with van der Waals surface area (Å²) in [5.41, 5.74) is 2.40. The molecule has 8 nitrogen and oxygen atoms in total. The number of hydrogen-bond acceptors (Lipinski definition) is 6. The lowest BCUT2D eigenvalue weighted by Crippen LogP contribution is -2.39. The molecule has 32 heavy (non-hydrogen) atoms. The Balaban J connectivity index is 1.56. The Morgan fingerprint density at radius 3 is 2.78 bits per heavy atom. The predicted octanol–water partition coefficient (Wildman–Crippen LogP) is 4.51. The maximum Gasteiger partial charge on any atom is 0.410 e. The van der Waals surface area contributed by atoms with Gasteiger partial charge >= 0.3 is 6.09 Å². The molecular formula is C23H23FN6O2. The lowest BCUT2D eigenvalue weighted by molar-refractivity contribution is 0.0270. The summed E-state index contributed by atoms with van der Waals surface area (Å²) < 4.78 is 21.6. The largest absolute Gasteiger partial charge is 0.444 e. The maximum absolute atomic E-state index is 14.3. The highest BCUT2D eigenvalue weighted by Gasteiger charge is 2.25. The zero-order valence-electron chi connectivity index (χ0n) is 18.1. The van der Waals surface area contributed by atoms with Gasteiger partial charge in [-0.25, -0.2) is 19.2 Å². The van der Waals surface area contributed by atoms with E-state index >= 15 is 0 Å². The summed E-state index contributed by atoms with van der Waals surface area (Å²) in [4.78, 5) is 22.7. The SMILES string of the molecule is CC(C)(C)OC(=O)N1CC=C(c2cnc3c(Nc4ccc(C#N)cc4F)nccn23)CC1. The summed E-state index contributed by atoms with van der Waals surface area (Å²) in [7, 11) is 0. The van der Waals surface area contributed by atoms with Crippen molar-refractivity contribution in [1.82, 2.24) is 19.3 Å². The molecule has 3 heterocycles. The van der Waals surface area contributed by atoms with E-state index in [1.165, 1.54) is 18.2 Å². The third-order valence-corrected chi connectivity index (χ3v) is 4.97. The predicted molar refractivity (Wildman–Crippen MR) is 118 cm³/mol. The number of nitrogens with one attached hydrogen (secondary N) is 1. The second-order valence-electron chi connectivity index (χ2n) is 8.45. The van der Waals surface area contributed by atoms with Crippen LogP contribution >= 0.6 is 0 Å². The number of ether oxygens (including phenoxy) is 1. The van der Waals surface area contributed by atoms with Crippen molar-refractivity contribution in [3.05, 3.63) is 59.9 Å². The quantitative estimate of drug-likeness (QED) is 0.652. The topological polar surface area (TPSA) is 95.5 Å². The summed E-state index contributed by atoms with van der Waals surface area (Å²) >= 11 is 0. The van der Waals surface area contributed by atoms with E-state index in [0.29, 0.717) is 31.0 Å². The van der Waals surface area contributed by atoms with Crippen LogP contribution in [0.3, 0.4) is 0 Å². The lowest BCUT2D eigenvalue weighted by Gasteiger charge is -2.29. The second kappa shape index (κ2) is 8.30. The molecule has 0 atom stereocenters. The number of fused-ring (bicyclic) bond motifs is 1. The molecule has 0 saturated heterocycles. The first kappa shape index (κ1) is 21.3. The first-order valence-electron chi connectivity index (χ1n) is 10.2. The van der Waals surface area contributed by atoms with Gasteiger partial charge in [0.1, 0.15) is 11.4 Å². The molecule has 3 aromatic rings. The fraction of sp³-hybridized carbons (Fsp3) is 0.304. The molecule has 0 aliphatic carbocycles. The van der Waals surface area contributed by atoms with Crippen LogP contribution in [0.1, 0.15) is 38.4 Å². The van der Waals surface area contributed by atoms with Gasteiger partial charge in [-0.05, 0) is 51.0 Å². The molecule has 0 spiro atoms. The number of hydrogen-bond donors (Lipinski definition) is 1. The smallest absolute Gasteiger partial charge is 0.410 e. The zero-order chi connectivity index (χ0) is 22.9. The summed E-state index contributed by atoms with van der Waals surface area (Å²) in [5.74, 6) is -0.147. The molecule has 0 bridgehead atoms. The van der Waals surface area contributed by atoms with Gasteiger partial charge in [0.15, 0.2) is 11.5 Å². The van der Waals surface area contributed by atoms with Gasteiger partial charge in [0, 0.05) is 25.5 Å². The highest BCUT2D eigenvalue weighted by atomic mass is 19.1. The number of nitriles is 1. The van der Waals surface area contributed by atoms with Gasteiger partial charge in [-0.15, -0.1) is 0 Å². The van der Waals surface area contributed by atoms with Crippen molar-refractivity contribution in [3.63, 3.8) is 0 Å². The van der Waals surface area contributed by atoms with Crippen molar-refractivity contribution in [3.8, 4) is 6.07 Å². The monoisotopic (exact) mass is 434 g/mol. The van der Waals surface area contributed by atoms with Gasteiger partial charge in [-0.3, -0.25) is 4.40 Å². The maximum atomic E-state index is 14.3. The molecule has 1 aliphatic rings. The number of carbonyl (C=O) groups excluding carboxylic acids is 1. The molecular weight excluding hydrogens is 411 g/mol. The Morgan fingerprint density at radius 2 is 2.12 bits per heavy atom. The molecule has 1 amide bonds. The first-order valence-corrected chi connectivity index (χ1v) is 10.2. The minimum atomic E-state index is -0.545. The molecule has 2 aromatic heterocycles. The van der Waals surface area contributed by atoms with E-state index < -0.39 is 11.4 Å². The molecule has 1 aliphatic heterocycles. The molecule has 164 valence electrons. The van der Waals surface area contributed by atoms with Gasteiger partial charge in [-0.1, -0.05) is 6.08 Å². The van der Waals surface area contributed by atoms with E-state index in [4.69, 9.17) is 10.00 Å². The molecule has 0 unspecified atom stereocenters. The number of halogens is 1. The van der Waals surface area contributed by atoms with E-state index in [2.05, 4.69) is 15.3 Å². The normalized spacial score (nSPS) is 14.1. The van der Waals surface area contributed by atoms with Gasteiger partial charge < -0.3 is 15.0 Å². The first-order chi connectivity index (χ1) is 15.2. The van der Waals surface area contributed by atoms with E-state index in [0.717, 1.165) is 11.3 Å². The number of benzene rings is 1. The molecule has 0 radical (unpaired) electrons. The van der Waals surface area contributed by atoms with E-state index in [1.54, 1.807) is 23.5 Å².